The molecule has 2 aromatic rings. The number of nitrogens with zero attached hydrogens (tertiary/aromatic N) is 1. The maximum absolute atomic E-state index is 12.7. The summed E-state index contributed by atoms with van der Waals surface area (Å²) in [5.41, 5.74) is 2.22. The number of ether oxygens (including phenoxy) is 1. The number of aliphatic carboxylic acids is 1. The first-order chi connectivity index (χ1) is 16.0. The number of nitrogens with one attached hydrogen (secondary N) is 1. The molecule has 0 bridgehead atoms. The molecule has 1 unspecified atom stereocenters. The van der Waals surface area contributed by atoms with Gasteiger partial charge >= 0.3 is 12.1 Å². The first-order valence-electron chi connectivity index (χ1n) is 11.5. The molecule has 7 nitrogen and oxygen atoms in total. The SMILES string of the molecule is CC(NC(=O)CCCN(CCCCCc1ccccc1)C(=O)OCc1ccccc1)C(=O)O. The summed E-state index contributed by atoms with van der Waals surface area (Å²) in [6, 6.07) is 18.9. The standard InChI is InChI=1S/C26H34N2O5/c1-21(25(30)31)27-24(29)17-11-19-28(26(32)33-20-23-15-7-3-8-16-23)18-10-4-9-14-22-12-5-2-6-13-22/h2-3,5-8,12-13,15-16,21H,4,9-11,14,17-20H2,1H3,(H,27,29)(H,30,31). The van der Waals surface area contributed by atoms with E-state index >= 15 is 0 Å². The van der Waals surface area contributed by atoms with Gasteiger partial charge in [-0.15, -0.1) is 0 Å². The van der Waals surface area contributed by atoms with Crippen LogP contribution in [0.4, 0.5) is 4.79 Å². The molecular formula is C26H34N2O5. The molecule has 0 heterocycles. The lowest BCUT2D eigenvalue weighted by Gasteiger charge is -2.22. The Labute approximate surface area is 195 Å². The average Bonchev–Trinajstić information content (AvgIpc) is 2.82. The second kappa shape index (κ2) is 14.7. The summed E-state index contributed by atoms with van der Waals surface area (Å²) < 4.78 is 5.48. The first-order valence-corrected chi connectivity index (χ1v) is 11.5. The minimum absolute atomic E-state index is 0.147. The van der Waals surface area contributed by atoms with E-state index in [0.717, 1.165) is 31.2 Å². The van der Waals surface area contributed by atoms with Crippen molar-refractivity contribution in [2.24, 2.45) is 0 Å². The summed E-state index contributed by atoms with van der Waals surface area (Å²) in [6.45, 7) is 2.54. The Morgan fingerprint density at radius 2 is 1.48 bits per heavy atom. The van der Waals surface area contributed by atoms with Crippen molar-refractivity contribution in [2.45, 2.75) is 58.1 Å². The molecular weight excluding hydrogens is 420 g/mol. The van der Waals surface area contributed by atoms with Gasteiger partial charge in [0.2, 0.25) is 5.91 Å². The van der Waals surface area contributed by atoms with Crippen LogP contribution in [0.15, 0.2) is 60.7 Å². The fourth-order valence-corrected chi connectivity index (χ4v) is 3.36. The van der Waals surface area contributed by atoms with Crippen LogP contribution in [0.1, 0.15) is 50.2 Å². The molecule has 33 heavy (non-hydrogen) atoms. The maximum Gasteiger partial charge on any atom is 0.410 e. The van der Waals surface area contributed by atoms with Crippen LogP contribution >= 0.6 is 0 Å². The highest BCUT2D eigenvalue weighted by molar-refractivity contribution is 5.83. The Hall–Kier alpha value is -3.35. The summed E-state index contributed by atoms with van der Waals surface area (Å²) in [5, 5.41) is 11.3. The van der Waals surface area contributed by atoms with Gasteiger partial charge in [0.1, 0.15) is 12.6 Å². The van der Waals surface area contributed by atoms with Crippen molar-refractivity contribution in [2.75, 3.05) is 13.1 Å². The lowest BCUT2D eigenvalue weighted by molar-refractivity contribution is -0.141. The molecule has 7 heteroatoms. The van der Waals surface area contributed by atoms with E-state index in [1.165, 1.54) is 12.5 Å². The van der Waals surface area contributed by atoms with Crippen LogP contribution in [0.2, 0.25) is 0 Å². The van der Waals surface area contributed by atoms with Gasteiger partial charge in [-0.2, -0.15) is 0 Å². The van der Waals surface area contributed by atoms with E-state index in [4.69, 9.17) is 9.84 Å². The maximum atomic E-state index is 12.7. The van der Waals surface area contributed by atoms with Gasteiger partial charge in [-0.05, 0) is 43.7 Å². The van der Waals surface area contributed by atoms with Gasteiger partial charge < -0.3 is 20.1 Å². The fourth-order valence-electron chi connectivity index (χ4n) is 3.36. The molecule has 2 aromatic carbocycles. The summed E-state index contributed by atoms with van der Waals surface area (Å²) in [7, 11) is 0. The van der Waals surface area contributed by atoms with Crippen molar-refractivity contribution < 1.29 is 24.2 Å². The van der Waals surface area contributed by atoms with Crippen LogP contribution in [0.25, 0.3) is 0 Å². The quantitative estimate of drug-likeness (QED) is 0.412. The average molecular weight is 455 g/mol. The van der Waals surface area contributed by atoms with E-state index in [2.05, 4.69) is 17.4 Å². The van der Waals surface area contributed by atoms with E-state index in [1.807, 2.05) is 48.5 Å². The molecule has 0 aliphatic heterocycles. The normalized spacial score (nSPS) is 11.4. The summed E-state index contributed by atoms with van der Waals surface area (Å²) >= 11 is 0. The van der Waals surface area contributed by atoms with Crippen LogP contribution in [0.5, 0.6) is 0 Å². The molecule has 0 aromatic heterocycles. The Bertz CT molecular complexity index is 858. The number of unbranched alkanes of at least 4 members (excludes halogenated alkanes) is 2. The van der Waals surface area contributed by atoms with Gasteiger partial charge in [-0.3, -0.25) is 9.59 Å². The van der Waals surface area contributed by atoms with Crippen LogP contribution in [-0.2, 0) is 27.4 Å². The van der Waals surface area contributed by atoms with Crippen molar-refractivity contribution in [3.8, 4) is 0 Å². The van der Waals surface area contributed by atoms with Gasteiger partial charge in [0.15, 0.2) is 0 Å². The Kier molecular flexibility index (Phi) is 11.5. The molecule has 0 saturated carbocycles. The minimum atomic E-state index is -1.08. The highest BCUT2D eigenvalue weighted by atomic mass is 16.6. The number of hydrogen-bond acceptors (Lipinski definition) is 4. The third-order valence-corrected chi connectivity index (χ3v) is 5.28. The number of carboxylic acid groups (broad SMARTS) is 1. The predicted octanol–water partition coefficient (Wildman–Crippen LogP) is 4.41. The first kappa shape index (κ1) is 25.9. The molecule has 0 aliphatic rings. The molecule has 178 valence electrons. The number of aryl methyl sites for hydroxylation is 1. The monoisotopic (exact) mass is 454 g/mol. The van der Waals surface area contributed by atoms with E-state index in [0.29, 0.717) is 19.5 Å². The van der Waals surface area contributed by atoms with Gasteiger partial charge in [0.05, 0.1) is 0 Å². The second-order valence-electron chi connectivity index (χ2n) is 8.05. The highest BCUT2D eigenvalue weighted by Gasteiger charge is 2.17. The third kappa shape index (κ3) is 10.7. The molecule has 1 atom stereocenters. The van der Waals surface area contributed by atoms with Crippen molar-refractivity contribution in [3.63, 3.8) is 0 Å². The van der Waals surface area contributed by atoms with Gasteiger partial charge in [-0.1, -0.05) is 67.1 Å². The van der Waals surface area contributed by atoms with Crippen molar-refractivity contribution in [3.05, 3.63) is 71.8 Å². The molecule has 2 rings (SSSR count). The van der Waals surface area contributed by atoms with Gasteiger partial charge in [-0.25, -0.2) is 4.79 Å². The van der Waals surface area contributed by atoms with E-state index in [-0.39, 0.29) is 18.9 Å². The molecule has 2 amide bonds. The van der Waals surface area contributed by atoms with Crippen LogP contribution in [0.3, 0.4) is 0 Å². The van der Waals surface area contributed by atoms with E-state index < -0.39 is 18.1 Å². The Balaban J connectivity index is 1.79. The largest absolute Gasteiger partial charge is 0.480 e. The number of carbonyl (C=O) groups excluding carboxylic acids is 2. The minimum Gasteiger partial charge on any atom is -0.480 e. The number of rotatable bonds is 14. The van der Waals surface area contributed by atoms with E-state index in [1.54, 1.807) is 4.90 Å². The highest BCUT2D eigenvalue weighted by Crippen LogP contribution is 2.10. The Morgan fingerprint density at radius 1 is 0.879 bits per heavy atom. The molecule has 0 aliphatic carbocycles. The smallest absolute Gasteiger partial charge is 0.410 e. The fraction of sp³-hybridized carbons (Fsp3) is 0.423. The number of amides is 2. The Morgan fingerprint density at radius 3 is 2.12 bits per heavy atom. The van der Waals surface area contributed by atoms with Crippen LogP contribution < -0.4 is 5.32 Å². The zero-order valence-corrected chi connectivity index (χ0v) is 19.2. The van der Waals surface area contributed by atoms with Gasteiger partial charge in [0.25, 0.3) is 0 Å². The van der Waals surface area contributed by atoms with E-state index in [9.17, 15) is 14.4 Å². The lowest BCUT2D eigenvalue weighted by atomic mass is 10.1. The molecule has 0 spiro atoms. The number of carboxylic acids is 1. The van der Waals surface area contributed by atoms with Crippen molar-refractivity contribution in [1.82, 2.24) is 10.2 Å². The predicted molar refractivity (Wildman–Crippen MR) is 127 cm³/mol. The zero-order valence-electron chi connectivity index (χ0n) is 19.2. The molecule has 0 fully saturated rings. The topological polar surface area (TPSA) is 95.9 Å². The second-order valence-corrected chi connectivity index (χ2v) is 8.05. The van der Waals surface area contributed by atoms with Crippen molar-refractivity contribution in [1.29, 1.82) is 0 Å². The summed E-state index contributed by atoms with van der Waals surface area (Å²) in [5.74, 6) is -1.42. The number of carbonyl (C=O) groups is 3. The van der Waals surface area contributed by atoms with Gasteiger partial charge in [0, 0.05) is 19.5 Å². The zero-order chi connectivity index (χ0) is 23.9. The molecule has 2 N–H and O–H groups in total. The molecule has 0 saturated heterocycles. The number of hydrogen-bond donors (Lipinski definition) is 2. The lowest BCUT2D eigenvalue weighted by Crippen LogP contribution is -2.39. The van der Waals surface area contributed by atoms with Crippen LogP contribution in [-0.4, -0.2) is 47.1 Å². The summed E-state index contributed by atoms with van der Waals surface area (Å²) in [4.78, 5) is 37.1. The number of benzene rings is 2. The van der Waals surface area contributed by atoms with Crippen LogP contribution in [0, 0.1) is 0 Å². The molecule has 0 radical (unpaired) electrons. The third-order valence-electron chi connectivity index (χ3n) is 5.28. The summed E-state index contributed by atoms with van der Waals surface area (Å²) in [6.07, 6.45) is 4.04. The van der Waals surface area contributed by atoms with Crippen molar-refractivity contribution >= 4 is 18.0 Å².